The highest BCUT2D eigenvalue weighted by molar-refractivity contribution is 7.91. The molecule has 0 bridgehead atoms. The van der Waals surface area contributed by atoms with Gasteiger partial charge < -0.3 is 15.5 Å². The van der Waals surface area contributed by atoms with Crippen molar-refractivity contribution in [2.75, 3.05) is 12.4 Å². The quantitative estimate of drug-likeness (QED) is 0.653. The molecule has 116 valence electrons. The predicted molar refractivity (Wildman–Crippen MR) is 74.8 cm³/mol. The number of amides is 1. The van der Waals surface area contributed by atoms with E-state index in [0.717, 1.165) is 0 Å². The van der Waals surface area contributed by atoms with Gasteiger partial charge in [0.15, 0.2) is 9.84 Å². The predicted octanol–water partition coefficient (Wildman–Crippen LogP) is 0.0456. The molecule has 1 amide bonds. The maximum atomic E-state index is 12.1. The summed E-state index contributed by atoms with van der Waals surface area (Å²) in [4.78, 5) is 22.9. The molecule has 21 heavy (non-hydrogen) atoms. The van der Waals surface area contributed by atoms with E-state index in [4.69, 9.17) is 10.2 Å². The summed E-state index contributed by atoms with van der Waals surface area (Å²) in [6.45, 7) is 1.04. The van der Waals surface area contributed by atoms with Gasteiger partial charge in [0.25, 0.3) is 5.91 Å². The van der Waals surface area contributed by atoms with Gasteiger partial charge in [-0.1, -0.05) is 19.1 Å². The van der Waals surface area contributed by atoms with Crippen LogP contribution in [0.5, 0.6) is 0 Å². The number of hydrogen-bond donors (Lipinski definition) is 3. The fourth-order valence-electron chi connectivity index (χ4n) is 1.70. The molecule has 1 atom stereocenters. The molecule has 0 aromatic heterocycles. The number of sulfone groups is 1. The Morgan fingerprint density at radius 2 is 1.90 bits per heavy atom. The topological polar surface area (TPSA) is 121 Å². The van der Waals surface area contributed by atoms with Crippen molar-refractivity contribution >= 4 is 21.7 Å². The van der Waals surface area contributed by atoms with Crippen LogP contribution in [0.1, 0.15) is 23.7 Å². The molecule has 1 aromatic rings. The lowest BCUT2D eigenvalue weighted by molar-refractivity contribution is -0.139. The van der Waals surface area contributed by atoms with Crippen molar-refractivity contribution in [2.24, 2.45) is 0 Å². The van der Waals surface area contributed by atoms with E-state index in [1.165, 1.54) is 31.2 Å². The Bertz CT molecular complexity index is 625. The van der Waals surface area contributed by atoms with Crippen LogP contribution in [0.3, 0.4) is 0 Å². The molecule has 8 heteroatoms. The van der Waals surface area contributed by atoms with E-state index < -0.39 is 34.4 Å². The Hall–Kier alpha value is -1.93. The molecule has 0 fully saturated rings. The number of aliphatic hydroxyl groups excluding tert-OH is 1. The highest BCUT2D eigenvalue weighted by atomic mass is 32.2. The number of benzene rings is 1. The average Bonchev–Trinajstić information content (AvgIpc) is 2.46. The van der Waals surface area contributed by atoms with Gasteiger partial charge in [-0.25, -0.2) is 13.2 Å². The SMILES string of the molecule is CCS(=O)(=O)c1ccccc1C(=O)NC(CCO)C(=O)O. The molecule has 0 aliphatic rings. The van der Waals surface area contributed by atoms with Crippen LogP contribution in [0.2, 0.25) is 0 Å². The molecule has 3 N–H and O–H groups in total. The maximum Gasteiger partial charge on any atom is 0.326 e. The molecule has 0 spiro atoms. The van der Waals surface area contributed by atoms with Gasteiger partial charge in [0, 0.05) is 13.0 Å². The normalized spacial score (nSPS) is 12.7. The standard InChI is InChI=1S/C13H17NO6S/c1-2-21(19,20)11-6-4-3-5-9(11)12(16)14-10(7-8-15)13(17)18/h3-6,10,15H,2,7-8H2,1H3,(H,14,16)(H,17,18). The minimum Gasteiger partial charge on any atom is -0.480 e. The van der Waals surface area contributed by atoms with E-state index in [2.05, 4.69) is 5.32 Å². The smallest absolute Gasteiger partial charge is 0.326 e. The van der Waals surface area contributed by atoms with E-state index in [0.29, 0.717) is 0 Å². The lowest BCUT2D eigenvalue weighted by atomic mass is 10.1. The number of aliphatic carboxylic acids is 1. The van der Waals surface area contributed by atoms with Crippen molar-refractivity contribution in [3.63, 3.8) is 0 Å². The first-order valence-corrected chi connectivity index (χ1v) is 7.95. The van der Waals surface area contributed by atoms with Crippen LogP contribution in [0, 0.1) is 0 Å². The molecule has 1 unspecified atom stereocenters. The number of carbonyl (C=O) groups is 2. The number of carbonyl (C=O) groups excluding carboxylic acids is 1. The van der Waals surface area contributed by atoms with Crippen LogP contribution < -0.4 is 5.32 Å². The maximum absolute atomic E-state index is 12.1. The Balaban J connectivity index is 3.11. The van der Waals surface area contributed by atoms with Crippen molar-refractivity contribution in [2.45, 2.75) is 24.3 Å². The van der Waals surface area contributed by atoms with Crippen LogP contribution in [0.4, 0.5) is 0 Å². The number of aliphatic hydroxyl groups is 1. The first-order valence-electron chi connectivity index (χ1n) is 6.29. The highest BCUT2D eigenvalue weighted by Crippen LogP contribution is 2.17. The third-order valence-electron chi connectivity index (χ3n) is 2.87. The Morgan fingerprint density at radius 3 is 2.43 bits per heavy atom. The molecule has 7 nitrogen and oxygen atoms in total. The van der Waals surface area contributed by atoms with Crippen molar-refractivity contribution in [3.05, 3.63) is 29.8 Å². The van der Waals surface area contributed by atoms with Gasteiger partial charge in [0.2, 0.25) is 0 Å². The molecule has 0 heterocycles. The summed E-state index contributed by atoms with van der Waals surface area (Å²) in [7, 11) is -3.60. The number of rotatable bonds is 7. The number of hydrogen-bond acceptors (Lipinski definition) is 5. The van der Waals surface area contributed by atoms with Crippen LogP contribution in [0.15, 0.2) is 29.2 Å². The van der Waals surface area contributed by atoms with E-state index in [9.17, 15) is 18.0 Å². The molecule has 0 saturated heterocycles. The second-order valence-corrected chi connectivity index (χ2v) is 6.52. The third kappa shape index (κ3) is 4.27. The van der Waals surface area contributed by atoms with Crippen LogP contribution >= 0.6 is 0 Å². The van der Waals surface area contributed by atoms with Gasteiger partial charge in [-0.3, -0.25) is 4.79 Å². The summed E-state index contributed by atoms with van der Waals surface area (Å²) in [6.07, 6.45) is -0.163. The monoisotopic (exact) mass is 315 g/mol. The second-order valence-electron chi connectivity index (χ2n) is 4.28. The van der Waals surface area contributed by atoms with Gasteiger partial charge in [-0.15, -0.1) is 0 Å². The second kappa shape index (κ2) is 7.19. The molecular formula is C13H17NO6S. The van der Waals surface area contributed by atoms with E-state index in [-0.39, 0.29) is 22.6 Å². The molecule has 1 rings (SSSR count). The van der Waals surface area contributed by atoms with Crippen LogP contribution in [-0.2, 0) is 14.6 Å². The molecule has 0 saturated carbocycles. The molecule has 0 aliphatic carbocycles. The van der Waals surface area contributed by atoms with Crippen molar-refractivity contribution in [3.8, 4) is 0 Å². The summed E-state index contributed by atoms with van der Waals surface area (Å²) < 4.78 is 23.9. The minimum atomic E-state index is -3.60. The summed E-state index contributed by atoms with van der Waals surface area (Å²) in [5, 5.41) is 19.9. The van der Waals surface area contributed by atoms with Crippen LogP contribution in [0.25, 0.3) is 0 Å². The van der Waals surface area contributed by atoms with Crippen molar-refractivity contribution in [1.82, 2.24) is 5.32 Å². The van der Waals surface area contributed by atoms with E-state index in [1.807, 2.05) is 0 Å². The zero-order chi connectivity index (χ0) is 16.0. The molecular weight excluding hydrogens is 298 g/mol. The number of carboxylic acids is 1. The lowest BCUT2D eigenvalue weighted by Gasteiger charge is -2.15. The van der Waals surface area contributed by atoms with Gasteiger partial charge in [-0.05, 0) is 12.1 Å². The van der Waals surface area contributed by atoms with Crippen LogP contribution in [-0.4, -0.2) is 48.9 Å². The lowest BCUT2D eigenvalue weighted by Crippen LogP contribution is -2.41. The summed E-state index contributed by atoms with van der Waals surface area (Å²) >= 11 is 0. The van der Waals surface area contributed by atoms with E-state index in [1.54, 1.807) is 0 Å². The van der Waals surface area contributed by atoms with Gasteiger partial charge in [0.1, 0.15) is 6.04 Å². The zero-order valence-electron chi connectivity index (χ0n) is 11.4. The van der Waals surface area contributed by atoms with Gasteiger partial charge in [-0.2, -0.15) is 0 Å². The first kappa shape index (κ1) is 17.1. The van der Waals surface area contributed by atoms with Gasteiger partial charge >= 0.3 is 5.97 Å². The summed E-state index contributed by atoms with van der Waals surface area (Å²) in [6, 6.07) is 4.32. The Labute approximate surface area is 122 Å². The summed E-state index contributed by atoms with van der Waals surface area (Å²) in [5.41, 5.74) is -0.108. The zero-order valence-corrected chi connectivity index (χ0v) is 12.3. The fourth-order valence-corrected chi connectivity index (χ4v) is 2.80. The van der Waals surface area contributed by atoms with Gasteiger partial charge in [0.05, 0.1) is 16.2 Å². The minimum absolute atomic E-state index is 0.108. The van der Waals surface area contributed by atoms with Crippen molar-refractivity contribution < 1.29 is 28.2 Å². The van der Waals surface area contributed by atoms with Crippen molar-refractivity contribution in [1.29, 1.82) is 0 Å². The highest BCUT2D eigenvalue weighted by Gasteiger charge is 2.24. The largest absolute Gasteiger partial charge is 0.480 e. The third-order valence-corrected chi connectivity index (χ3v) is 4.65. The first-order chi connectivity index (χ1) is 9.83. The number of carboxylic acid groups (broad SMARTS) is 1. The molecule has 0 aliphatic heterocycles. The average molecular weight is 315 g/mol. The van der Waals surface area contributed by atoms with E-state index >= 15 is 0 Å². The summed E-state index contributed by atoms with van der Waals surface area (Å²) in [5.74, 6) is -2.27. The molecule has 0 radical (unpaired) electrons. The Morgan fingerprint density at radius 1 is 1.29 bits per heavy atom. The molecule has 1 aromatic carbocycles. The Kier molecular flexibility index (Phi) is 5.86. The fraction of sp³-hybridized carbons (Fsp3) is 0.385. The number of nitrogens with one attached hydrogen (secondary N) is 1.